The molecule has 3 nitrogen and oxygen atoms in total. The number of hydrogen-bond acceptors (Lipinski definition) is 3. The second-order valence-electron chi connectivity index (χ2n) is 3.88. The van der Waals surface area contributed by atoms with Gasteiger partial charge in [0.05, 0.1) is 25.4 Å². The number of aliphatic hydroxyl groups is 1. The van der Waals surface area contributed by atoms with Crippen LogP contribution in [-0.2, 0) is 4.74 Å². The minimum atomic E-state index is -0.995. The molecule has 0 amide bonds. The van der Waals surface area contributed by atoms with Crippen LogP contribution in [0.3, 0.4) is 0 Å². The van der Waals surface area contributed by atoms with Gasteiger partial charge in [-0.15, -0.1) is 0 Å². The first-order chi connectivity index (χ1) is 7.59. The van der Waals surface area contributed by atoms with Crippen molar-refractivity contribution in [3.05, 3.63) is 34.6 Å². The molecule has 1 aromatic carbocycles. The number of ether oxygens (including phenoxy) is 1. The van der Waals surface area contributed by atoms with E-state index < -0.39 is 17.0 Å². The van der Waals surface area contributed by atoms with E-state index >= 15 is 0 Å². The van der Waals surface area contributed by atoms with Crippen LogP contribution in [0.5, 0.6) is 0 Å². The van der Waals surface area contributed by atoms with Crippen molar-refractivity contribution in [2.75, 3.05) is 19.8 Å². The molecule has 0 unspecified atom stereocenters. The Balaban J connectivity index is 2.37. The van der Waals surface area contributed by atoms with Gasteiger partial charge in [0.25, 0.3) is 0 Å². The molecule has 16 heavy (non-hydrogen) atoms. The molecular formula is C11H10ClFO3. The molecule has 86 valence electrons. The van der Waals surface area contributed by atoms with Crippen LogP contribution in [0.2, 0.25) is 5.02 Å². The van der Waals surface area contributed by atoms with E-state index in [-0.39, 0.29) is 30.4 Å². The van der Waals surface area contributed by atoms with Gasteiger partial charge >= 0.3 is 0 Å². The van der Waals surface area contributed by atoms with Crippen molar-refractivity contribution in [3.63, 3.8) is 0 Å². The summed E-state index contributed by atoms with van der Waals surface area (Å²) in [6.45, 7) is -0.111. The monoisotopic (exact) mass is 244 g/mol. The van der Waals surface area contributed by atoms with Crippen molar-refractivity contribution in [3.8, 4) is 0 Å². The van der Waals surface area contributed by atoms with Gasteiger partial charge in [-0.3, -0.25) is 4.79 Å². The zero-order valence-electron chi connectivity index (χ0n) is 8.37. The summed E-state index contributed by atoms with van der Waals surface area (Å²) in [6, 6.07) is 3.78. The van der Waals surface area contributed by atoms with E-state index in [0.717, 1.165) is 6.07 Å². The fraction of sp³-hybridized carbons (Fsp3) is 0.364. The van der Waals surface area contributed by atoms with E-state index in [2.05, 4.69) is 0 Å². The maximum absolute atomic E-state index is 13.4. The lowest BCUT2D eigenvalue weighted by molar-refractivity contribution is -0.109. The van der Waals surface area contributed by atoms with E-state index in [1.165, 1.54) is 12.1 Å². The van der Waals surface area contributed by atoms with Crippen LogP contribution < -0.4 is 0 Å². The highest BCUT2D eigenvalue weighted by Gasteiger charge is 2.46. The van der Waals surface area contributed by atoms with Gasteiger partial charge in [0.1, 0.15) is 11.2 Å². The second-order valence-corrected chi connectivity index (χ2v) is 4.32. The van der Waals surface area contributed by atoms with Crippen LogP contribution in [0.15, 0.2) is 18.2 Å². The minimum Gasteiger partial charge on any atom is -0.395 e. The number of aliphatic hydroxyl groups excluding tert-OH is 1. The maximum Gasteiger partial charge on any atom is 0.178 e. The van der Waals surface area contributed by atoms with Gasteiger partial charge in [-0.05, 0) is 18.2 Å². The average Bonchev–Trinajstić information content (AvgIpc) is 2.21. The van der Waals surface area contributed by atoms with Gasteiger partial charge in [0, 0.05) is 5.02 Å². The van der Waals surface area contributed by atoms with Crippen molar-refractivity contribution in [1.82, 2.24) is 0 Å². The second kappa shape index (κ2) is 4.13. The molecule has 1 N–H and O–H groups in total. The highest BCUT2D eigenvalue weighted by molar-refractivity contribution is 6.31. The van der Waals surface area contributed by atoms with E-state index in [0.29, 0.717) is 0 Å². The summed E-state index contributed by atoms with van der Waals surface area (Å²) in [6.07, 6.45) is 0. The number of carbonyl (C=O) groups is 1. The third-order valence-corrected chi connectivity index (χ3v) is 2.95. The zero-order valence-corrected chi connectivity index (χ0v) is 9.13. The summed E-state index contributed by atoms with van der Waals surface area (Å²) >= 11 is 5.70. The number of rotatable bonds is 3. The predicted molar refractivity (Wildman–Crippen MR) is 56.1 cm³/mol. The molecule has 0 saturated carbocycles. The van der Waals surface area contributed by atoms with Crippen molar-refractivity contribution in [2.24, 2.45) is 5.41 Å². The summed E-state index contributed by atoms with van der Waals surface area (Å²) in [5.74, 6) is -1.09. The SMILES string of the molecule is O=C(c1cc(Cl)ccc1F)C1(CO)COC1. The lowest BCUT2D eigenvalue weighted by Crippen LogP contribution is -2.52. The molecule has 1 fully saturated rings. The fourth-order valence-electron chi connectivity index (χ4n) is 1.60. The van der Waals surface area contributed by atoms with Crippen LogP contribution in [-0.4, -0.2) is 30.7 Å². The van der Waals surface area contributed by atoms with Crippen molar-refractivity contribution in [1.29, 1.82) is 0 Å². The molecule has 5 heteroatoms. The summed E-state index contributed by atoms with van der Waals surface area (Å²) in [5.41, 5.74) is -1.09. The number of benzene rings is 1. The number of ketones is 1. The predicted octanol–water partition coefficient (Wildman–Crippen LogP) is 1.67. The molecule has 0 atom stereocenters. The summed E-state index contributed by atoms with van der Waals surface area (Å²) < 4.78 is 18.4. The van der Waals surface area contributed by atoms with E-state index in [9.17, 15) is 14.3 Å². The molecule has 1 saturated heterocycles. The van der Waals surface area contributed by atoms with Crippen LogP contribution in [0.4, 0.5) is 4.39 Å². The summed E-state index contributed by atoms with van der Waals surface area (Å²) in [5, 5.41) is 9.46. The highest BCUT2D eigenvalue weighted by Crippen LogP contribution is 2.32. The Hall–Kier alpha value is -0.970. The molecule has 1 aliphatic rings. The smallest absolute Gasteiger partial charge is 0.178 e. The van der Waals surface area contributed by atoms with E-state index in [1.807, 2.05) is 0 Å². The van der Waals surface area contributed by atoms with Crippen LogP contribution in [0, 0.1) is 11.2 Å². The molecule has 0 spiro atoms. The number of halogens is 2. The Morgan fingerprint density at radius 1 is 1.56 bits per heavy atom. The molecule has 1 aromatic rings. The van der Waals surface area contributed by atoms with Crippen LogP contribution >= 0.6 is 11.6 Å². The van der Waals surface area contributed by atoms with E-state index in [4.69, 9.17) is 16.3 Å². The van der Waals surface area contributed by atoms with Crippen molar-refractivity contribution in [2.45, 2.75) is 0 Å². The quantitative estimate of drug-likeness (QED) is 0.823. The maximum atomic E-state index is 13.4. The summed E-state index contributed by atoms with van der Waals surface area (Å²) in [4.78, 5) is 12.0. The zero-order chi connectivity index (χ0) is 11.8. The molecule has 1 heterocycles. The first-order valence-corrected chi connectivity index (χ1v) is 5.15. The Bertz CT molecular complexity index is 424. The third-order valence-electron chi connectivity index (χ3n) is 2.71. The normalized spacial score (nSPS) is 17.9. The van der Waals surface area contributed by atoms with Gasteiger partial charge in [0.2, 0.25) is 0 Å². The average molecular weight is 245 g/mol. The van der Waals surface area contributed by atoms with Gasteiger partial charge < -0.3 is 9.84 Å². The molecule has 0 aliphatic carbocycles. The Morgan fingerprint density at radius 2 is 2.25 bits per heavy atom. The highest BCUT2D eigenvalue weighted by atomic mass is 35.5. The Labute approximate surface area is 96.8 Å². The number of carbonyl (C=O) groups excluding carboxylic acids is 1. The lowest BCUT2D eigenvalue weighted by Gasteiger charge is -2.38. The lowest BCUT2D eigenvalue weighted by atomic mass is 9.79. The molecule has 0 bridgehead atoms. The summed E-state index contributed by atoms with van der Waals surface area (Å²) in [7, 11) is 0. The van der Waals surface area contributed by atoms with Crippen LogP contribution in [0.25, 0.3) is 0 Å². The van der Waals surface area contributed by atoms with Crippen LogP contribution in [0.1, 0.15) is 10.4 Å². The first-order valence-electron chi connectivity index (χ1n) is 4.77. The molecule has 1 aliphatic heterocycles. The standard InChI is InChI=1S/C11H10ClFO3/c12-7-1-2-9(13)8(3-7)10(15)11(4-14)5-16-6-11/h1-3,14H,4-6H2. The third kappa shape index (κ3) is 1.73. The first kappa shape index (κ1) is 11.5. The van der Waals surface area contributed by atoms with E-state index in [1.54, 1.807) is 0 Å². The topological polar surface area (TPSA) is 46.5 Å². The largest absolute Gasteiger partial charge is 0.395 e. The van der Waals surface area contributed by atoms with Gasteiger partial charge in [-0.25, -0.2) is 4.39 Å². The van der Waals surface area contributed by atoms with Gasteiger partial charge in [0.15, 0.2) is 5.78 Å². The molecule has 0 radical (unpaired) electrons. The Morgan fingerprint density at radius 3 is 2.75 bits per heavy atom. The number of Topliss-reactive ketones (excluding diaryl/α,β-unsaturated/α-hetero) is 1. The van der Waals surface area contributed by atoms with Gasteiger partial charge in [-0.2, -0.15) is 0 Å². The fourth-order valence-corrected chi connectivity index (χ4v) is 1.77. The molecule has 0 aromatic heterocycles. The molecular weight excluding hydrogens is 235 g/mol. The minimum absolute atomic E-state index is 0.0927. The van der Waals surface area contributed by atoms with Crippen molar-refractivity contribution < 1.29 is 19.0 Å². The van der Waals surface area contributed by atoms with Gasteiger partial charge in [-0.1, -0.05) is 11.6 Å². The molecule has 2 rings (SSSR count). The Kier molecular flexibility index (Phi) is 2.97. The van der Waals surface area contributed by atoms with Crippen molar-refractivity contribution >= 4 is 17.4 Å². The number of hydrogen-bond donors (Lipinski definition) is 1.